The number of carbonyl (C=O) groups excluding carboxylic acids is 2. The zero-order valence-corrected chi connectivity index (χ0v) is 15.8. The Balaban J connectivity index is 1.88. The Hall–Kier alpha value is -2.34. The van der Waals surface area contributed by atoms with Crippen LogP contribution in [0.25, 0.3) is 0 Å². The van der Waals surface area contributed by atoms with Crippen LogP contribution in [0, 0.1) is 6.92 Å². The molecule has 3 rings (SSSR count). The van der Waals surface area contributed by atoms with Crippen molar-refractivity contribution in [1.29, 1.82) is 0 Å². The third-order valence-electron chi connectivity index (χ3n) is 4.16. The largest absolute Gasteiger partial charge is 0.363 e. The lowest BCUT2D eigenvalue weighted by molar-refractivity contribution is 0.0482. The highest BCUT2D eigenvalue weighted by molar-refractivity contribution is 9.10. The molecule has 2 amide bonds. The number of hydrogen-bond donors (Lipinski definition) is 2. The lowest BCUT2D eigenvalue weighted by Gasteiger charge is -2.37. The van der Waals surface area contributed by atoms with Crippen LogP contribution in [0.1, 0.15) is 46.0 Å². The first-order chi connectivity index (χ1) is 12.0. The van der Waals surface area contributed by atoms with Crippen molar-refractivity contribution in [3.63, 3.8) is 0 Å². The van der Waals surface area contributed by atoms with Gasteiger partial charge in [-0.15, -0.1) is 0 Å². The quantitative estimate of drug-likeness (QED) is 0.810. The fraction of sp³-hybridized carbons (Fsp3) is 0.263. The number of hydrazine groups is 1. The number of anilines is 1. The number of halogens is 1. The average molecular weight is 402 g/mol. The fourth-order valence-corrected chi connectivity index (χ4v) is 3.18. The van der Waals surface area contributed by atoms with Crippen molar-refractivity contribution in [1.82, 2.24) is 10.4 Å². The molecule has 1 heterocycles. The minimum Gasteiger partial charge on any atom is -0.363 e. The summed E-state index contributed by atoms with van der Waals surface area (Å²) in [5.74, 6) is -0.510. The molecule has 130 valence electrons. The molecule has 0 spiro atoms. The maximum absolute atomic E-state index is 12.9. The van der Waals surface area contributed by atoms with Gasteiger partial charge >= 0.3 is 0 Å². The van der Waals surface area contributed by atoms with Gasteiger partial charge in [-0.25, -0.2) is 5.01 Å². The fourth-order valence-electron chi connectivity index (χ4n) is 2.82. The maximum Gasteiger partial charge on any atom is 0.276 e. The van der Waals surface area contributed by atoms with Gasteiger partial charge in [0.2, 0.25) is 0 Å². The van der Waals surface area contributed by atoms with E-state index in [2.05, 4.69) is 26.7 Å². The maximum atomic E-state index is 12.9. The van der Waals surface area contributed by atoms with Crippen molar-refractivity contribution in [2.24, 2.45) is 0 Å². The number of carbonyl (C=O) groups is 2. The second-order valence-corrected chi connectivity index (χ2v) is 7.04. The van der Waals surface area contributed by atoms with Crippen molar-refractivity contribution >= 4 is 33.4 Å². The van der Waals surface area contributed by atoms with E-state index < -0.39 is 0 Å². The molecule has 2 aromatic rings. The average Bonchev–Trinajstić information content (AvgIpc) is 2.59. The minimum absolute atomic E-state index is 0.214. The standard InChI is InChI=1S/C19H20BrN3O2/c1-3-4-17-21-16-10-9-14(20)11-15(16)19(25)23(17)22-18(24)13-7-5-12(2)6-8-13/h5-11,17,21H,3-4H2,1-2H3,(H,22,24). The molecule has 1 aliphatic rings. The Kier molecular flexibility index (Phi) is 5.08. The van der Waals surface area contributed by atoms with Gasteiger partial charge in [0.05, 0.1) is 5.56 Å². The molecule has 2 aromatic carbocycles. The Labute approximate surface area is 155 Å². The monoisotopic (exact) mass is 401 g/mol. The molecule has 0 saturated heterocycles. The summed E-state index contributed by atoms with van der Waals surface area (Å²) >= 11 is 3.39. The number of nitrogens with one attached hydrogen (secondary N) is 2. The van der Waals surface area contributed by atoms with Crippen LogP contribution >= 0.6 is 15.9 Å². The molecule has 1 aliphatic heterocycles. The first-order valence-corrected chi connectivity index (χ1v) is 9.06. The Morgan fingerprint density at radius 3 is 2.64 bits per heavy atom. The molecule has 0 aromatic heterocycles. The molecule has 0 fully saturated rings. The molecular formula is C19H20BrN3O2. The summed E-state index contributed by atoms with van der Waals surface area (Å²) in [6, 6.07) is 12.8. The number of aryl methyl sites for hydroxylation is 1. The van der Waals surface area contributed by atoms with E-state index in [1.807, 2.05) is 38.1 Å². The van der Waals surface area contributed by atoms with Gasteiger partial charge in [0.15, 0.2) is 0 Å². The van der Waals surface area contributed by atoms with Crippen LogP contribution in [0.2, 0.25) is 0 Å². The van der Waals surface area contributed by atoms with E-state index in [-0.39, 0.29) is 18.0 Å². The first-order valence-electron chi connectivity index (χ1n) is 8.27. The van der Waals surface area contributed by atoms with Crippen LogP contribution in [-0.4, -0.2) is 23.0 Å². The van der Waals surface area contributed by atoms with Crippen molar-refractivity contribution in [2.45, 2.75) is 32.9 Å². The topological polar surface area (TPSA) is 61.4 Å². The summed E-state index contributed by atoms with van der Waals surface area (Å²) in [6.07, 6.45) is 1.34. The number of amides is 2. The second kappa shape index (κ2) is 7.27. The molecule has 0 radical (unpaired) electrons. The van der Waals surface area contributed by atoms with E-state index >= 15 is 0 Å². The number of hydrogen-bond acceptors (Lipinski definition) is 3. The van der Waals surface area contributed by atoms with Gasteiger partial charge in [-0.3, -0.25) is 15.0 Å². The normalized spacial score (nSPS) is 16.2. The molecule has 1 unspecified atom stereocenters. The van der Waals surface area contributed by atoms with Gasteiger partial charge in [-0.1, -0.05) is 47.0 Å². The second-order valence-electron chi connectivity index (χ2n) is 6.12. The number of benzene rings is 2. The van der Waals surface area contributed by atoms with Crippen LogP contribution in [0.15, 0.2) is 46.9 Å². The van der Waals surface area contributed by atoms with Crippen LogP contribution in [0.5, 0.6) is 0 Å². The van der Waals surface area contributed by atoms with Crippen molar-refractivity contribution in [2.75, 3.05) is 5.32 Å². The van der Waals surface area contributed by atoms with Crippen LogP contribution in [-0.2, 0) is 0 Å². The Bertz CT molecular complexity index is 805. The molecule has 1 atom stereocenters. The minimum atomic E-state index is -0.297. The first kappa shape index (κ1) is 17.5. The molecule has 25 heavy (non-hydrogen) atoms. The smallest absolute Gasteiger partial charge is 0.276 e. The zero-order valence-electron chi connectivity index (χ0n) is 14.2. The van der Waals surface area contributed by atoms with Crippen molar-refractivity contribution in [3.05, 3.63) is 63.6 Å². The third-order valence-corrected chi connectivity index (χ3v) is 4.66. The summed E-state index contributed by atoms with van der Waals surface area (Å²) in [5.41, 5.74) is 5.69. The highest BCUT2D eigenvalue weighted by Crippen LogP contribution is 2.28. The zero-order chi connectivity index (χ0) is 18.0. The van der Waals surface area contributed by atoms with E-state index in [4.69, 9.17) is 0 Å². The van der Waals surface area contributed by atoms with Gasteiger partial charge in [0.1, 0.15) is 6.17 Å². The van der Waals surface area contributed by atoms with Crippen LogP contribution in [0.4, 0.5) is 5.69 Å². The molecule has 6 heteroatoms. The van der Waals surface area contributed by atoms with Crippen molar-refractivity contribution in [3.8, 4) is 0 Å². The SMILES string of the molecule is CCCC1Nc2ccc(Br)cc2C(=O)N1NC(=O)c1ccc(C)cc1. The Morgan fingerprint density at radius 2 is 1.96 bits per heavy atom. The summed E-state index contributed by atoms with van der Waals surface area (Å²) in [5, 5.41) is 4.74. The highest BCUT2D eigenvalue weighted by atomic mass is 79.9. The van der Waals surface area contributed by atoms with Gasteiger partial charge in [0.25, 0.3) is 11.8 Å². The van der Waals surface area contributed by atoms with Gasteiger partial charge in [-0.2, -0.15) is 0 Å². The molecule has 2 N–H and O–H groups in total. The van der Waals surface area contributed by atoms with Crippen LogP contribution in [0.3, 0.4) is 0 Å². The lowest BCUT2D eigenvalue weighted by atomic mass is 10.1. The molecular weight excluding hydrogens is 382 g/mol. The predicted molar refractivity (Wildman–Crippen MR) is 101 cm³/mol. The summed E-state index contributed by atoms with van der Waals surface area (Å²) in [7, 11) is 0. The van der Waals surface area contributed by atoms with E-state index in [1.54, 1.807) is 18.2 Å². The molecule has 0 saturated carbocycles. The predicted octanol–water partition coefficient (Wildman–Crippen LogP) is 4.10. The summed E-state index contributed by atoms with van der Waals surface area (Å²) in [6.45, 7) is 4.01. The molecule has 0 bridgehead atoms. The summed E-state index contributed by atoms with van der Waals surface area (Å²) < 4.78 is 0.820. The lowest BCUT2D eigenvalue weighted by Crippen LogP contribution is -2.57. The van der Waals surface area contributed by atoms with Crippen LogP contribution < -0.4 is 10.7 Å². The summed E-state index contributed by atoms with van der Waals surface area (Å²) in [4.78, 5) is 25.5. The Morgan fingerprint density at radius 1 is 1.24 bits per heavy atom. The van der Waals surface area contributed by atoms with Gasteiger partial charge in [0, 0.05) is 15.7 Å². The van der Waals surface area contributed by atoms with Gasteiger partial charge in [-0.05, 0) is 43.7 Å². The number of rotatable bonds is 4. The van der Waals surface area contributed by atoms with E-state index in [1.165, 1.54) is 5.01 Å². The highest BCUT2D eigenvalue weighted by Gasteiger charge is 2.33. The van der Waals surface area contributed by atoms with E-state index in [0.717, 1.165) is 28.6 Å². The third kappa shape index (κ3) is 3.69. The number of fused-ring (bicyclic) bond motifs is 1. The number of nitrogens with zero attached hydrogens (tertiary/aromatic N) is 1. The van der Waals surface area contributed by atoms with E-state index in [0.29, 0.717) is 11.1 Å². The van der Waals surface area contributed by atoms with Crippen molar-refractivity contribution < 1.29 is 9.59 Å². The molecule has 0 aliphatic carbocycles. The van der Waals surface area contributed by atoms with Gasteiger partial charge < -0.3 is 5.32 Å². The molecule has 5 nitrogen and oxygen atoms in total. The van der Waals surface area contributed by atoms with E-state index in [9.17, 15) is 9.59 Å².